The Morgan fingerprint density at radius 2 is 1.35 bits per heavy atom. The van der Waals surface area contributed by atoms with Gasteiger partial charge in [0.2, 0.25) is 0 Å². The van der Waals surface area contributed by atoms with Crippen LogP contribution < -0.4 is 16.6 Å². The molecule has 8 nitrogen and oxygen atoms in total. The molecule has 0 spiro atoms. The fraction of sp³-hybridized carbons (Fsp3) is 0.828. The first kappa shape index (κ1) is 31.3. The van der Waals surface area contributed by atoms with Gasteiger partial charge in [0, 0.05) is 26.6 Å². The second kappa shape index (κ2) is 17.6. The van der Waals surface area contributed by atoms with Crippen molar-refractivity contribution in [1.29, 1.82) is 0 Å². The van der Waals surface area contributed by atoms with Gasteiger partial charge in [0.25, 0.3) is 5.56 Å². The summed E-state index contributed by atoms with van der Waals surface area (Å²) < 4.78 is 3.20. The average Bonchev–Trinajstić information content (AvgIpc) is 3.19. The molecule has 37 heavy (non-hydrogen) atoms. The van der Waals surface area contributed by atoms with E-state index in [0.29, 0.717) is 17.2 Å². The van der Waals surface area contributed by atoms with Crippen molar-refractivity contribution in [1.82, 2.24) is 24.4 Å². The van der Waals surface area contributed by atoms with E-state index in [1.165, 1.54) is 75.2 Å². The molecule has 3 N–H and O–H groups in total. The first-order valence-corrected chi connectivity index (χ1v) is 14.9. The summed E-state index contributed by atoms with van der Waals surface area (Å²) in [6.45, 7) is 4.45. The standard InChI is InChI=1S/C29H53N5O3/c1-5-6-7-8-9-11-14-17-20-23(2)30-25(35)22-19-16-13-10-12-15-18-21-24-31-27-26(33(24)3)28(36)32-29(37)34(27)4/h23,25,30,35H,5-22H2,1-4H3,(H,32,36,37). The minimum Gasteiger partial charge on any atom is -0.379 e. The highest BCUT2D eigenvalue weighted by Gasteiger charge is 2.14. The number of aromatic amines is 1. The van der Waals surface area contributed by atoms with Gasteiger partial charge in [0.1, 0.15) is 12.1 Å². The third-order valence-corrected chi connectivity index (χ3v) is 7.57. The number of aliphatic hydroxyl groups is 1. The average molecular weight is 520 g/mol. The molecule has 2 aromatic rings. The van der Waals surface area contributed by atoms with Gasteiger partial charge < -0.3 is 9.67 Å². The van der Waals surface area contributed by atoms with Crippen molar-refractivity contribution in [3.8, 4) is 0 Å². The number of H-pyrrole nitrogens is 1. The Bertz CT molecular complexity index is 1010. The Morgan fingerprint density at radius 3 is 1.97 bits per heavy atom. The number of nitrogens with zero attached hydrogens (tertiary/aromatic N) is 3. The first-order valence-electron chi connectivity index (χ1n) is 14.9. The van der Waals surface area contributed by atoms with Gasteiger partial charge in [-0.1, -0.05) is 90.4 Å². The van der Waals surface area contributed by atoms with Crippen molar-refractivity contribution in [3.63, 3.8) is 0 Å². The predicted molar refractivity (Wildman–Crippen MR) is 153 cm³/mol. The smallest absolute Gasteiger partial charge is 0.329 e. The third kappa shape index (κ3) is 11.1. The molecule has 2 unspecified atom stereocenters. The van der Waals surface area contributed by atoms with Gasteiger partial charge in [-0.15, -0.1) is 0 Å². The molecule has 0 aliphatic heterocycles. The van der Waals surface area contributed by atoms with Gasteiger partial charge in [0.15, 0.2) is 11.2 Å². The van der Waals surface area contributed by atoms with Crippen molar-refractivity contribution < 1.29 is 5.11 Å². The normalized spacial score (nSPS) is 13.4. The minimum absolute atomic E-state index is 0.377. The Labute approximate surface area is 223 Å². The number of hydrogen-bond acceptors (Lipinski definition) is 5. The van der Waals surface area contributed by atoms with Crippen molar-refractivity contribution >= 4 is 11.2 Å². The van der Waals surface area contributed by atoms with E-state index in [-0.39, 0.29) is 11.8 Å². The van der Waals surface area contributed by atoms with Gasteiger partial charge in [-0.2, -0.15) is 0 Å². The lowest BCUT2D eigenvalue weighted by atomic mass is 10.0. The second-order valence-electron chi connectivity index (χ2n) is 10.9. The number of hydrogen-bond donors (Lipinski definition) is 3. The molecule has 8 heteroatoms. The topological polar surface area (TPSA) is 105 Å². The second-order valence-corrected chi connectivity index (χ2v) is 10.9. The molecular formula is C29H53N5O3. The van der Waals surface area contributed by atoms with E-state index in [9.17, 15) is 14.7 Å². The number of aromatic nitrogens is 4. The Hall–Kier alpha value is -1.93. The van der Waals surface area contributed by atoms with E-state index >= 15 is 0 Å². The molecule has 2 heterocycles. The Morgan fingerprint density at radius 1 is 0.811 bits per heavy atom. The van der Waals surface area contributed by atoms with Gasteiger partial charge in [-0.3, -0.25) is 19.7 Å². The lowest BCUT2D eigenvalue weighted by Gasteiger charge is -2.19. The molecule has 2 aromatic heterocycles. The number of nitrogens with one attached hydrogen (secondary N) is 2. The first-order chi connectivity index (χ1) is 17.8. The number of aliphatic hydroxyl groups excluding tert-OH is 1. The van der Waals surface area contributed by atoms with Crippen LogP contribution in [0.5, 0.6) is 0 Å². The van der Waals surface area contributed by atoms with Gasteiger partial charge in [-0.05, 0) is 32.6 Å². The molecule has 2 rings (SSSR count). The third-order valence-electron chi connectivity index (χ3n) is 7.57. The van der Waals surface area contributed by atoms with Crippen LogP contribution in [-0.4, -0.2) is 36.5 Å². The summed E-state index contributed by atoms with van der Waals surface area (Å²) in [6.07, 6.45) is 21.1. The lowest BCUT2D eigenvalue weighted by molar-refractivity contribution is 0.110. The Kier molecular flexibility index (Phi) is 14.8. The summed E-state index contributed by atoms with van der Waals surface area (Å²) in [7, 11) is 3.47. The van der Waals surface area contributed by atoms with Crippen LogP contribution in [0.4, 0.5) is 0 Å². The predicted octanol–water partition coefficient (Wildman–Crippen LogP) is 5.45. The quantitative estimate of drug-likeness (QED) is 0.150. The maximum absolute atomic E-state index is 12.1. The Balaban J connectivity index is 1.47. The summed E-state index contributed by atoms with van der Waals surface area (Å²) >= 11 is 0. The molecular weight excluding hydrogens is 466 g/mol. The highest BCUT2D eigenvalue weighted by Crippen LogP contribution is 2.15. The van der Waals surface area contributed by atoms with Crippen LogP contribution in [0.1, 0.15) is 129 Å². The molecule has 0 bridgehead atoms. The van der Waals surface area contributed by atoms with E-state index < -0.39 is 5.69 Å². The zero-order chi connectivity index (χ0) is 27.0. The SMILES string of the molecule is CCCCCCCCCCC(C)NC(O)CCCCCCCCCc1nc2c(c(=O)[nH]c(=O)n2C)n1C. The number of fused-ring (bicyclic) bond motifs is 1. The molecule has 0 fully saturated rings. The molecule has 212 valence electrons. The fourth-order valence-electron chi connectivity index (χ4n) is 5.16. The van der Waals surface area contributed by atoms with Crippen LogP contribution in [-0.2, 0) is 20.5 Å². The summed E-state index contributed by atoms with van der Waals surface area (Å²) in [4.78, 5) is 30.8. The van der Waals surface area contributed by atoms with Crippen molar-refractivity contribution in [2.24, 2.45) is 14.1 Å². The number of imidazole rings is 1. The van der Waals surface area contributed by atoms with Crippen LogP contribution in [0.2, 0.25) is 0 Å². The molecule has 0 saturated carbocycles. The molecule has 0 aromatic carbocycles. The number of rotatable bonds is 21. The maximum Gasteiger partial charge on any atom is 0.329 e. The van der Waals surface area contributed by atoms with E-state index in [1.807, 2.05) is 11.6 Å². The van der Waals surface area contributed by atoms with Crippen LogP contribution in [0.25, 0.3) is 11.2 Å². The van der Waals surface area contributed by atoms with Crippen molar-refractivity contribution in [2.75, 3.05) is 0 Å². The lowest BCUT2D eigenvalue weighted by Crippen LogP contribution is -2.36. The van der Waals surface area contributed by atoms with Gasteiger partial charge in [0.05, 0.1) is 0 Å². The van der Waals surface area contributed by atoms with E-state index in [2.05, 4.69) is 29.1 Å². The molecule has 0 amide bonds. The van der Waals surface area contributed by atoms with E-state index in [0.717, 1.165) is 50.8 Å². The molecule has 0 radical (unpaired) electrons. The minimum atomic E-state index is -0.432. The molecule has 0 aliphatic rings. The number of aryl methyl sites for hydroxylation is 3. The van der Waals surface area contributed by atoms with Crippen LogP contribution in [0, 0.1) is 0 Å². The largest absolute Gasteiger partial charge is 0.379 e. The monoisotopic (exact) mass is 519 g/mol. The molecule has 0 aliphatic carbocycles. The van der Waals surface area contributed by atoms with Gasteiger partial charge in [-0.25, -0.2) is 9.78 Å². The van der Waals surface area contributed by atoms with Crippen LogP contribution in [0.3, 0.4) is 0 Å². The molecule has 2 atom stereocenters. The summed E-state index contributed by atoms with van der Waals surface area (Å²) in [5.41, 5.74) is 0.0956. The van der Waals surface area contributed by atoms with Crippen LogP contribution >= 0.6 is 0 Å². The van der Waals surface area contributed by atoms with Crippen molar-refractivity contribution in [3.05, 3.63) is 26.7 Å². The van der Waals surface area contributed by atoms with Gasteiger partial charge >= 0.3 is 5.69 Å². The summed E-state index contributed by atoms with van der Waals surface area (Å²) in [6, 6.07) is 0.384. The van der Waals surface area contributed by atoms with Crippen molar-refractivity contribution in [2.45, 2.75) is 142 Å². The summed E-state index contributed by atoms with van der Waals surface area (Å²) in [5.74, 6) is 0.847. The molecule has 0 saturated heterocycles. The summed E-state index contributed by atoms with van der Waals surface area (Å²) in [5, 5.41) is 13.7. The maximum atomic E-state index is 12.1. The van der Waals surface area contributed by atoms with E-state index in [1.54, 1.807) is 7.05 Å². The van der Waals surface area contributed by atoms with Crippen LogP contribution in [0.15, 0.2) is 9.59 Å². The highest BCUT2D eigenvalue weighted by atomic mass is 16.3. The fourth-order valence-corrected chi connectivity index (χ4v) is 5.16. The zero-order valence-corrected chi connectivity index (χ0v) is 24.0. The highest BCUT2D eigenvalue weighted by molar-refractivity contribution is 5.70. The number of unbranched alkanes of at least 4 members (excludes halogenated alkanes) is 13. The zero-order valence-electron chi connectivity index (χ0n) is 24.0. The van der Waals surface area contributed by atoms with E-state index in [4.69, 9.17) is 0 Å².